The van der Waals surface area contributed by atoms with Gasteiger partial charge in [-0.2, -0.15) is 5.26 Å². The van der Waals surface area contributed by atoms with Crippen molar-refractivity contribution in [1.82, 2.24) is 9.13 Å². The summed E-state index contributed by atoms with van der Waals surface area (Å²) in [7, 11) is 0. The van der Waals surface area contributed by atoms with E-state index in [-0.39, 0.29) is 17.9 Å². The molecule has 2 aromatic rings. The van der Waals surface area contributed by atoms with E-state index in [0.717, 1.165) is 9.44 Å². The van der Waals surface area contributed by atoms with Gasteiger partial charge >= 0.3 is 5.69 Å². The molecule has 0 spiro atoms. The average Bonchev–Trinajstić information content (AvgIpc) is 2.90. The number of ketones is 1. The minimum Gasteiger partial charge on any atom is -0.299 e. The number of carbonyl (C=O) groups excluding carboxylic acids is 1. The Morgan fingerprint density at radius 3 is 2.62 bits per heavy atom. The van der Waals surface area contributed by atoms with Crippen molar-refractivity contribution in [3.05, 3.63) is 54.5 Å². The van der Waals surface area contributed by atoms with Gasteiger partial charge in [-0.1, -0.05) is 0 Å². The number of hydrogen-bond acceptors (Lipinski definition) is 5. The molecule has 0 aliphatic heterocycles. The van der Waals surface area contributed by atoms with Crippen LogP contribution in [0.1, 0.15) is 27.0 Å². The molecule has 2 aromatic heterocycles. The topological polar surface area (TPSA) is 84.9 Å². The van der Waals surface area contributed by atoms with E-state index in [0.29, 0.717) is 11.4 Å². The summed E-state index contributed by atoms with van der Waals surface area (Å²) in [6.07, 6.45) is 1.22. The lowest BCUT2D eigenvalue weighted by molar-refractivity contribution is 0.0972. The molecule has 0 unspecified atom stereocenters. The largest absolute Gasteiger partial charge is 0.331 e. The van der Waals surface area contributed by atoms with Crippen LogP contribution in [0.25, 0.3) is 0 Å². The van der Waals surface area contributed by atoms with Crippen molar-refractivity contribution in [2.45, 2.75) is 26.9 Å². The van der Waals surface area contributed by atoms with E-state index in [1.165, 1.54) is 22.1 Å². The van der Waals surface area contributed by atoms with Crippen LogP contribution in [-0.2, 0) is 13.1 Å². The summed E-state index contributed by atoms with van der Waals surface area (Å²) in [4.78, 5) is 37.8. The van der Waals surface area contributed by atoms with Gasteiger partial charge in [-0.15, -0.1) is 11.3 Å². The minimum atomic E-state index is -0.728. The summed E-state index contributed by atoms with van der Waals surface area (Å²) in [6.45, 7) is 3.56. The molecule has 0 bridgehead atoms. The molecule has 2 heterocycles. The van der Waals surface area contributed by atoms with Crippen molar-refractivity contribution < 1.29 is 4.79 Å². The lowest BCUT2D eigenvalue weighted by atomic mass is 10.3. The molecule has 0 saturated heterocycles. The average molecular weight is 303 g/mol. The van der Waals surface area contributed by atoms with Gasteiger partial charge in [0.2, 0.25) is 0 Å². The van der Waals surface area contributed by atoms with Crippen molar-refractivity contribution in [3.8, 4) is 6.07 Å². The Hall–Kier alpha value is -2.46. The number of thiophene rings is 1. The van der Waals surface area contributed by atoms with Crippen LogP contribution in [0.4, 0.5) is 0 Å². The van der Waals surface area contributed by atoms with E-state index >= 15 is 0 Å². The van der Waals surface area contributed by atoms with E-state index in [1.54, 1.807) is 25.1 Å². The minimum absolute atomic E-state index is 0.147. The molecular formula is C14H13N3O3S. The van der Waals surface area contributed by atoms with Gasteiger partial charge in [-0.3, -0.25) is 18.7 Å². The number of carbonyl (C=O) groups is 1. The second-order valence-corrected chi connectivity index (χ2v) is 5.74. The second-order valence-electron chi connectivity index (χ2n) is 4.45. The van der Waals surface area contributed by atoms with Crippen LogP contribution in [-0.4, -0.2) is 14.9 Å². The van der Waals surface area contributed by atoms with Gasteiger partial charge in [0.15, 0.2) is 5.78 Å². The SMILES string of the molecule is CCn1cc(C#N)c(=O)n(CC(=O)c2ccc(C)s2)c1=O. The zero-order chi connectivity index (χ0) is 15.6. The normalized spacial score (nSPS) is 10.3. The molecule has 0 amide bonds. The van der Waals surface area contributed by atoms with Gasteiger partial charge in [-0.25, -0.2) is 4.79 Å². The Balaban J connectivity index is 2.49. The second kappa shape index (κ2) is 5.89. The fourth-order valence-electron chi connectivity index (χ4n) is 1.90. The number of nitrogens with zero attached hydrogens (tertiary/aromatic N) is 3. The molecule has 7 heteroatoms. The molecule has 0 radical (unpaired) electrons. The van der Waals surface area contributed by atoms with E-state index in [2.05, 4.69) is 0 Å². The smallest absolute Gasteiger partial charge is 0.299 e. The van der Waals surface area contributed by atoms with Gasteiger partial charge in [-0.05, 0) is 26.0 Å². The molecule has 108 valence electrons. The zero-order valence-electron chi connectivity index (χ0n) is 11.6. The zero-order valence-corrected chi connectivity index (χ0v) is 12.4. The molecule has 0 saturated carbocycles. The molecule has 21 heavy (non-hydrogen) atoms. The lowest BCUT2D eigenvalue weighted by Gasteiger charge is -2.08. The van der Waals surface area contributed by atoms with Gasteiger partial charge in [0.1, 0.15) is 11.6 Å². The third-order valence-electron chi connectivity index (χ3n) is 3.02. The number of nitriles is 1. The first-order valence-electron chi connectivity index (χ1n) is 6.32. The van der Waals surface area contributed by atoms with Gasteiger partial charge in [0, 0.05) is 17.6 Å². The van der Waals surface area contributed by atoms with E-state index in [4.69, 9.17) is 5.26 Å². The van der Waals surface area contributed by atoms with E-state index < -0.39 is 11.2 Å². The molecule has 6 nitrogen and oxygen atoms in total. The van der Waals surface area contributed by atoms with Gasteiger partial charge < -0.3 is 0 Å². The molecule has 0 aromatic carbocycles. The van der Waals surface area contributed by atoms with Crippen LogP contribution in [0, 0.1) is 18.3 Å². The molecule has 0 atom stereocenters. The number of aryl methyl sites for hydroxylation is 2. The highest BCUT2D eigenvalue weighted by atomic mass is 32.1. The van der Waals surface area contributed by atoms with Crippen molar-refractivity contribution >= 4 is 17.1 Å². The fraction of sp³-hybridized carbons (Fsp3) is 0.286. The first-order valence-corrected chi connectivity index (χ1v) is 7.13. The maximum Gasteiger partial charge on any atom is 0.331 e. The van der Waals surface area contributed by atoms with Crippen molar-refractivity contribution in [2.75, 3.05) is 0 Å². The van der Waals surface area contributed by atoms with Crippen LogP contribution < -0.4 is 11.2 Å². The van der Waals surface area contributed by atoms with Crippen molar-refractivity contribution in [3.63, 3.8) is 0 Å². The van der Waals surface area contributed by atoms with Crippen LogP contribution in [0.5, 0.6) is 0 Å². The fourth-order valence-corrected chi connectivity index (χ4v) is 2.70. The third-order valence-corrected chi connectivity index (χ3v) is 4.06. The predicted molar refractivity (Wildman–Crippen MR) is 78.7 cm³/mol. The van der Waals surface area contributed by atoms with Crippen LogP contribution >= 0.6 is 11.3 Å². The summed E-state index contributed by atoms with van der Waals surface area (Å²) in [5.74, 6) is -0.315. The molecular weight excluding hydrogens is 290 g/mol. The number of hydrogen-bond donors (Lipinski definition) is 0. The summed E-state index contributed by atoms with van der Waals surface area (Å²) in [5.41, 5.74) is -1.46. The highest BCUT2D eigenvalue weighted by Gasteiger charge is 2.15. The van der Waals surface area contributed by atoms with Gasteiger partial charge in [0.05, 0.1) is 11.4 Å². The van der Waals surface area contributed by atoms with Crippen LogP contribution in [0.2, 0.25) is 0 Å². The molecule has 2 rings (SSSR count). The Bertz CT molecular complexity index is 852. The summed E-state index contributed by atoms with van der Waals surface area (Å²) < 4.78 is 2.06. The molecule has 0 aliphatic rings. The number of aromatic nitrogens is 2. The number of Topliss-reactive ketones (excluding diaryl/α,β-unsaturated/α-hetero) is 1. The van der Waals surface area contributed by atoms with Crippen molar-refractivity contribution in [2.24, 2.45) is 0 Å². The molecule has 0 aliphatic carbocycles. The van der Waals surface area contributed by atoms with Crippen LogP contribution in [0.3, 0.4) is 0 Å². The van der Waals surface area contributed by atoms with Crippen LogP contribution in [0.15, 0.2) is 27.9 Å². The third kappa shape index (κ3) is 2.85. The summed E-state index contributed by atoms with van der Waals surface area (Å²) >= 11 is 1.31. The maximum atomic E-state index is 12.2. The molecule has 0 N–H and O–H groups in total. The highest BCUT2D eigenvalue weighted by Crippen LogP contribution is 2.15. The summed E-state index contributed by atoms with van der Waals surface area (Å²) in [6, 6.07) is 5.22. The van der Waals surface area contributed by atoms with Crippen molar-refractivity contribution in [1.29, 1.82) is 5.26 Å². The first kappa shape index (κ1) is 14.9. The highest BCUT2D eigenvalue weighted by molar-refractivity contribution is 7.14. The van der Waals surface area contributed by atoms with E-state index in [1.807, 2.05) is 6.92 Å². The maximum absolute atomic E-state index is 12.2. The molecule has 0 fully saturated rings. The Morgan fingerprint density at radius 1 is 1.38 bits per heavy atom. The Morgan fingerprint density at radius 2 is 2.10 bits per heavy atom. The first-order chi connectivity index (χ1) is 9.97. The predicted octanol–water partition coefficient (Wildman–Crippen LogP) is 1.15. The monoisotopic (exact) mass is 303 g/mol. The number of rotatable bonds is 4. The van der Waals surface area contributed by atoms with Gasteiger partial charge in [0.25, 0.3) is 5.56 Å². The Labute approximate surface area is 124 Å². The van der Waals surface area contributed by atoms with E-state index in [9.17, 15) is 14.4 Å². The standard InChI is InChI=1S/C14H13N3O3S/c1-3-16-7-10(6-15)13(19)17(14(16)20)8-11(18)12-5-4-9(2)21-12/h4-5,7H,3,8H2,1-2H3. The lowest BCUT2D eigenvalue weighted by Crippen LogP contribution is -2.42. The Kier molecular flexibility index (Phi) is 4.19. The summed E-state index contributed by atoms with van der Waals surface area (Å²) in [5, 5.41) is 8.95. The quantitative estimate of drug-likeness (QED) is 0.793.